The van der Waals surface area contributed by atoms with Crippen molar-refractivity contribution in [1.82, 2.24) is 9.88 Å². The van der Waals surface area contributed by atoms with Crippen molar-refractivity contribution in [3.8, 4) is 0 Å². The second-order valence-corrected chi connectivity index (χ2v) is 6.07. The van der Waals surface area contributed by atoms with E-state index in [-0.39, 0.29) is 5.91 Å². The lowest BCUT2D eigenvalue weighted by Gasteiger charge is -2.20. The molecule has 1 N–H and O–H groups in total. The van der Waals surface area contributed by atoms with E-state index in [0.717, 1.165) is 11.3 Å². The van der Waals surface area contributed by atoms with E-state index in [1.807, 2.05) is 55.2 Å². The number of rotatable bonds is 6. The number of anilines is 2. The Labute approximate surface area is 141 Å². The highest BCUT2D eigenvalue weighted by Crippen LogP contribution is 2.27. The summed E-state index contributed by atoms with van der Waals surface area (Å²) >= 11 is 6.03. The van der Waals surface area contributed by atoms with Gasteiger partial charge in [-0.15, -0.1) is 0 Å². The van der Waals surface area contributed by atoms with Gasteiger partial charge in [-0.2, -0.15) is 0 Å². The predicted octanol–water partition coefficient (Wildman–Crippen LogP) is 2.87. The van der Waals surface area contributed by atoms with Crippen molar-refractivity contribution >= 4 is 28.9 Å². The van der Waals surface area contributed by atoms with Crippen LogP contribution in [0.4, 0.5) is 11.4 Å². The maximum absolute atomic E-state index is 12.3. The van der Waals surface area contributed by atoms with Crippen LogP contribution >= 0.6 is 11.6 Å². The normalized spacial score (nSPS) is 10.7. The van der Waals surface area contributed by atoms with Crippen molar-refractivity contribution in [2.24, 2.45) is 0 Å². The topological polar surface area (TPSA) is 48.5 Å². The highest BCUT2D eigenvalue weighted by atomic mass is 35.5. The number of halogens is 1. The molecule has 0 unspecified atom stereocenters. The third-order valence-corrected chi connectivity index (χ3v) is 3.56. The molecule has 1 heterocycles. The average Bonchev–Trinajstić information content (AvgIpc) is 2.47. The number of aromatic nitrogens is 1. The van der Waals surface area contributed by atoms with Crippen molar-refractivity contribution < 1.29 is 4.79 Å². The second-order valence-electron chi connectivity index (χ2n) is 5.63. The molecule has 2 rings (SSSR count). The molecule has 122 valence electrons. The fourth-order valence-corrected chi connectivity index (χ4v) is 2.46. The number of nitrogens with zero attached hydrogens (tertiary/aromatic N) is 3. The number of pyridine rings is 1. The van der Waals surface area contributed by atoms with Crippen LogP contribution in [0.1, 0.15) is 5.56 Å². The van der Waals surface area contributed by atoms with Crippen LogP contribution in [0.25, 0.3) is 0 Å². The zero-order valence-electron chi connectivity index (χ0n) is 13.6. The Kier molecular flexibility index (Phi) is 5.96. The summed E-state index contributed by atoms with van der Waals surface area (Å²) in [7, 11) is 5.76. The van der Waals surface area contributed by atoms with Crippen LogP contribution in [0, 0.1) is 0 Å². The molecule has 0 aliphatic heterocycles. The minimum absolute atomic E-state index is 0.0769. The van der Waals surface area contributed by atoms with Gasteiger partial charge in [-0.05, 0) is 42.9 Å². The molecule has 2 aromatic rings. The molecule has 1 aromatic heterocycles. The van der Waals surface area contributed by atoms with Gasteiger partial charge in [0, 0.05) is 38.1 Å². The number of carbonyl (C=O) groups is 1. The minimum atomic E-state index is -0.0769. The highest BCUT2D eigenvalue weighted by molar-refractivity contribution is 6.31. The lowest BCUT2D eigenvalue weighted by Crippen LogP contribution is -2.30. The summed E-state index contributed by atoms with van der Waals surface area (Å²) in [6.45, 7) is 0.980. The summed E-state index contributed by atoms with van der Waals surface area (Å²) in [4.78, 5) is 20.1. The smallest absolute Gasteiger partial charge is 0.238 e. The Morgan fingerprint density at radius 1 is 1.17 bits per heavy atom. The summed E-state index contributed by atoms with van der Waals surface area (Å²) < 4.78 is 0. The molecular weight excluding hydrogens is 312 g/mol. The number of amides is 1. The van der Waals surface area contributed by atoms with E-state index in [2.05, 4.69) is 10.3 Å². The quantitative estimate of drug-likeness (QED) is 0.883. The number of hydrogen-bond acceptors (Lipinski definition) is 4. The fourth-order valence-electron chi connectivity index (χ4n) is 2.29. The second kappa shape index (κ2) is 7.94. The molecule has 0 spiro atoms. The van der Waals surface area contributed by atoms with E-state index < -0.39 is 0 Å². The largest absolute Gasteiger partial charge is 0.376 e. The molecule has 5 nitrogen and oxygen atoms in total. The minimum Gasteiger partial charge on any atom is -0.376 e. The van der Waals surface area contributed by atoms with Crippen LogP contribution in [0.5, 0.6) is 0 Å². The van der Waals surface area contributed by atoms with Gasteiger partial charge in [-0.25, -0.2) is 0 Å². The van der Waals surface area contributed by atoms with E-state index in [1.165, 1.54) is 0 Å². The van der Waals surface area contributed by atoms with Crippen LogP contribution in [0.2, 0.25) is 5.02 Å². The van der Waals surface area contributed by atoms with Crippen LogP contribution < -0.4 is 10.2 Å². The van der Waals surface area contributed by atoms with Crippen LogP contribution in [0.15, 0.2) is 42.7 Å². The van der Waals surface area contributed by atoms with Crippen molar-refractivity contribution in [3.05, 3.63) is 53.3 Å². The number of hydrogen-bond donors (Lipinski definition) is 1. The molecule has 0 atom stereocenters. The summed E-state index contributed by atoms with van der Waals surface area (Å²) in [5, 5.41) is 3.52. The molecule has 0 radical (unpaired) electrons. The Bertz CT molecular complexity index is 661. The molecule has 0 aliphatic rings. The van der Waals surface area contributed by atoms with E-state index in [9.17, 15) is 4.79 Å². The van der Waals surface area contributed by atoms with Gasteiger partial charge in [0.25, 0.3) is 0 Å². The van der Waals surface area contributed by atoms with Crippen LogP contribution in [0.3, 0.4) is 0 Å². The number of likely N-dealkylation sites (N-methyl/N-ethyl adjacent to an activating group) is 1. The molecule has 0 bridgehead atoms. The molecule has 0 aliphatic carbocycles. The first-order valence-corrected chi connectivity index (χ1v) is 7.67. The Morgan fingerprint density at radius 2 is 1.87 bits per heavy atom. The van der Waals surface area contributed by atoms with Gasteiger partial charge in [-0.1, -0.05) is 11.6 Å². The monoisotopic (exact) mass is 332 g/mol. The number of benzene rings is 1. The van der Waals surface area contributed by atoms with Gasteiger partial charge in [0.15, 0.2) is 0 Å². The van der Waals surface area contributed by atoms with Gasteiger partial charge in [0.1, 0.15) is 0 Å². The summed E-state index contributed by atoms with van der Waals surface area (Å²) in [6.07, 6.45) is 3.50. The zero-order valence-corrected chi connectivity index (χ0v) is 14.3. The first-order chi connectivity index (χ1) is 11.0. The van der Waals surface area contributed by atoms with Gasteiger partial charge >= 0.3 is 0 Å². The Balaban J connectivity index is 1.98. The number of nitrogens with one attached hydrogen (secondary N) is 1. The molecule has 1 amide bonds. The molecule has 1 aromatic carbocycles. The Hall–Kier alpha value is -2.11. The maximum Gasteiger partial charge on any atom is 0.238 e. The van der Waals surface area contributed by atoms with Gasteiger partial charge < -0.3 is 10.2 Å². The summed E-state index contributed by atoms with van der Waals surface area (Å²) in [5.41, 5.74) is 2.75. The molecular formula is C17H21ClN4O. The average molecular weight is 333 g/mol. The maximum atomic E-state index is 12.3. The standard InChI is InChI=1S/C17H21ClN4O/c1-21(2)16-5-4-14(18)10-15(16)20-17(23)12-22(3)11-13-6-8-19-9-7-13/h4-10H,11-12H2,1-3H3,(H,20,23). The van der Waals surface area contributed by atoms with Gasteiger partial charge in [0.2, 0.25) is 5.91 Å². The first-order valence-electron chi connectivity index (χ1n) is 7.30. The Morgan fingerprint density at radius 3 is 2.52 bits per heavy atom. The third-order valence-electron chi connectivity index (χ3n) is 3.33. The molecule has 0 fully saturated rings. The van der Waals surface area contributed by atoms with Crippen molar-refractivity contribution in [2.75, 3.05) is 37.9 Å². The molecule has 23 heavy (non-hydrogen) atoms. The van der Waals surface area contributed by atoms with Gasteiger partial charge in [0.05, 0.1) is 17.9 Å². The molecule has 0 saturated carbocycles. The van der Waals surface area contributed by atoms with E-state index in [4.69, 9.17) is 11.6 Å². The summed E-state index contributed by atoms with van der Waals surface area (Å²) in [5.74, 6) is -0.0769. The third kappa shape index (κ3) is 5.23. The lowest BCUT2D eigenvalue weighted by atomic mass is 10.2. The molecule has 0 saturated heterocycles. The van der Waals surface area contributed by atoms with Crippen LogP contribution in [-0.2, 0) is 11.3 Å². The van der Waals surface area contributed by atoms with Crippen molar-refractivity contribution in [2.45, 2.75) is 6.54 Å². The summed E-state index contributed by atoms with van der Waals surface area (Å²) in [6, 6.07) is 9.34. The van der Waals surface area contributed by atoms with E-state index >= 15 is 0 Å². The fraction of sp³-hybridized carbons (Fsp3) is 0.294. The first kappa shape index (κ1) is 17.2. The SMILES string of the molecule is CN(CC(=O)Nc1cc(Cl)ccc1N(C)C)Cc1ccncc1. The number of carbonyl (C=O) groups excluding carboxylic acids is 1. The molecule has 6 heteroatoms. The van der Waals surface area contributed by atoms with E-state index in [1.54, 1.807) is 18.5 Å². The van der Waals surface area contributed by atoms with Crippen molar-refractivity contribution in [1.29, 1.82) is 0 Å². The predicted molar refractivity (Wildman–Crippen MR) is 95.0 cm³/mol. The van der Waals surface area contributed by atoms with Crippen LogP contribution in [-0.4, -0.2) is 43.5 Å². The van der Waals surface area contributed by atoms with Gasteiger partial charge in [-0.3, -0.25) is 14.7 Å². The lowest BCUT2D eigenvalue weighted by molar-refractivity contribution is -0.117. The van der Waals surface area contributed by atoms with Crippen molar-refractivity contribution in [3.63, 3.8) is 0 Å². The highest BCUT2D eigenvalue weighted by Gasteiger charge is 2.11. The van der Waals surface area contributed by atoms with E-state index in [0.29, 0.717) is 23.8 Å². The zero-order chi connectivity index (χ0) is 16.8.